The molecule has 0 aromatic heterocycles. The van der Waals surface area contributed by atoms with Crippen LogP contribution in [0.15, 0.2) is 53.0 Å². The van der Waals surface area contributed by atoms with Crippen LogP contribution in [0.2, 0.25) is 0 Å². The average Bonchev–Trinajstić information content (AvgIpc) is 2.84. The second-order valence-electron chi connectivity index (χ2n) is 9.98. The molecule has 0 N–H and O–H groups in total. The van der Waals surface area contributed by atoms with Gasteiger partial charge in [0.1, 0.15) is 0 Å². The molecular formula is C30H49NO2S. The number of aryl methyl sites for hydroxylation is 1. The summed E-state index contributed by atoms with van der Waals surface area (Å²) in [4.78, 5) is 0.406. The topological polar surface area (TPSA) is 37.4 Å². The molecule has 1 aromatic carbocycles. The molecule has 0 atom stereocenters. The van der Waals surface area contributed by atoms with Gasteiger partial charge in [0.15, 0.2) is 0 Å². The normalized spacial score (nSPS) is 15.2. The zero-order valence-corrected chi connectivity index (χ0v) is 22.8. The van der Waals surface area contributed by atoms with E-state index in [1.807, 2.05) is 19.1 Å². The first-order valence-corrected chi connectivity index (χ1v) is 15.4. The van der Waals surface area contributed by atoms with Gasteiger partial charge < -0.3 is 0 Å². The molecule has 0 fully saturated rings. The summed E-state index contributed by atoms with van der Waals surface area (Å²) in [5, 5.41) is 0. The zero-order chi connectivity index (χ0) is 24.5. The third-order valence-electron chi connectivity index (χ3n) is 6.93. The second-order valence-corrected chi connectivity index (χ2v) is 11.9. The highest BCUT2D eigenvalue weighted by Crippen LogP contribution is 2.23. The lowest BCUT2D eigenvalue weighted by atomic mass is 10.0. The lowest BCUT2D eigenvalue weighted by Crippen LogP contribution is -2.34. The van der Waals surface area contributed by atoms with Gasteiger partial charge in [0.2, 0.25) is 10.0 Å². The largest absolute Gasteiger partial charge is 0.243 e. The highest BCUT2D eigenvalue weighted by molar-refractivity contribution is 7.89. The molecular weight excluding hydrogens is 438 g/mol. The molecule has 0 bridgehead atoms. The summed E-state index contributed by atoms with van der Waals surface area (Å²) >= 11 is 0. The van der Waals surface area contributed by atoms with E-state index in [4.69, 9.17) is 0 Å². The molecule has 4 heteroatoms. The summed E-state index contributed by atoms with van der Waals surface area (Å²) < 4.78 is 27.2. The van der Waals surface area contributed by atoms with Crippen LogP contribution in [0.3, 0.4) is 0 Å². The molecule has 0 saturated carbocycles. The first kappa shape index (κ1) is 28.8. The van der Waals surface area contributed by atoms with Crippen molar-refractivity contribution >= 4 is 10.0 Å². The van der Waals surface area contributed by atoms with E-state index in [2.05, 4.69) is 25.2 Å². The van der Waals surface area contributed by atoms with Crippen molar-refractivity contribution in [1.82, 2.24) is 4.31 Å². The Hall–Kier alpha value is -1.39. The van der Waals surface area contributed by atoms with Crippen molar-refractivity contribution in [3.63, 3.8) is 0 Å². The molecule has 1 aliphatic heterocycles. The number of rotatable bonds is 18. The van der Waals surface area contributed by atoms with Crippen molar-refractivity contribution in [3.8, 4) is 0 Å². The van der Waals surface area contributed by atoms with E-state index in [-0.39, 0.29) is 0 Å². The predicted molar refractivity (Wildman–Crippen MR) is 147 cm³/mol. The van der Waals surface area contributed by atoms with Crippen LogP contribution in [-0.4, -0.2) is 25.8 Å². The summed E-state index contributed by atoms with van der Waals surface area (Å²) in [6.07, 6.45) is 27.6. The molecule has 3 nitrogen and oxygen atoms in total. The SMILES string of the molecule is CCCCCCCCC=CCCCCCCCCC1=CCN(S(=O)(=O)c2ccc(C)cc2)CC1. The van der Waals surface area contributed by atoms with Crippen LogP contribution in [0.4, 0.5) is 0 Å². The summed E-state index contributed by atoms with van der Waals surface area (Å²) in [6, 6.07) is 7.17. The van der Waals surface area contributed by atoms with Crippen molar-refractivity contribution < 1.29 is 8.42 Å². The van der Waals surface area contributed by atoms with Gasteiger partial charge in [-0.2, -0.15) is 4.31 Å². The van der Waals surface area contributed by atoms with E-state index in [9.17, 15) is 8.42 Å². The second kappa shape index (κ2) is 17.1. The van der Waals surface area contributed by atoms with E-state index >= 15 is 0 Å². The minimum atomic E-state index is -3.37. The first-order valence-electron chi connectivity index (χ1n) is 13.9. The van der Waals surface area contributed by atoms with E-state index in [1.165, 1.54) is 95.5 Å². The standard InChI is InChI=1S/C30H49NO2S/c1-3-4-5-6-7-8-9-10-11-12-13-14-15-16-17-18-19-29-24-26-31(27-25-29)34(32,33)30-22-20-28(2)21-23-30/h10-11,20-24H,3-9,12-19,25-27H2,1-2H3. The van der Waals surface area contributed by atoms with Crippen LogP contribution in [0.5, 0.6) is 0 Å². The fourth-order valence-corrected chi connectivity index (χ4v) is 5.98. The molecule has 0 unspecified atom stereocenters. The Morgan fingerprint density at radius 2 is 1.35 bits per heavy atom. The Morgan fingerprint density at radius 3 is 1.91 bits per heavy atom. The molecule has 0 radical (unpaired) electrons. The monoisotopic (exact) mass is 487 g/mol. The molecule has 192 valence electrons. The van der Waals surface area contributed by atoms with Gasteiger partial charge in [-0.05, 0) is 64.0 Å². The van der Waals surface area contributed by atoms with E-state index in [1.54, 1.807) is 16.4 Å². The lowest BCUT2D eigenvalue weighted by Gasteiger charge is -2.26. The number of nitrogens with zero attached hydrogens (tertiary/aromatic N) is 1. The van der Waals surface area contributed by atoms with Gasteiger partial charge in [0.05, 0.1) is 4.90 Å². The molecule has 0 amide bonds. The van der Waals surface area contributed by atoms with Gasteiger partial charge in [-0.1, -0.05) is 106 Å². The van der Waals surface area contributed by atoms with Gasteiger partial charge in [0.25, 0.3) is 0 Å². The van der Waals surface area contributed by atoms with Gasteiger partial charge in [-0.25, -0.2) is 8.42 Å². The van der Waals surface area contributed by atoms with Crippen molar-refractivity contribution in [2.24, 2.45) is 0 Å². The number of hydrogen-bond donors (Lipinski definition) is 0. The maximum absolute atomic E-state index is 12.8. The van der Waals surface area contributed by atoms with E-state index in [0.29, 0.717) is 18.0 Å². The molecule has 1 aromatic rings. The van der Waals surface area contributed by atoms with Gasteiger partial charge in [0, 0.05) is 13.1 Å². The van der Waals surface area contributed by atoms with Crippen LogP contribution in [0.1, 0.15) is 115 Å². The Labute approximate surface area is 210 Å². The van der Waals surface area contributed by atoms with E-state index < -0.39 is 10.0 Å². The van der Waals surface area contributed by atoms with Gasteiger partial charge in [-0.15, -0.1) is 0 Å². The maximum atomic E-state index is 12.8. The Kier molecular flexibility index (Phi) is 14.5. The van der Waals surface area contributed by atoms with Crippen molar-refractivity contribution in [3.05, 3.63) is 53.6 Å². The lowest BCUT2D eigenvalue weighted by molar-refractivity contribution is 0.426. The zero-order valence-electron chi connectivity index (χ0n) is 21.9. The number of benzene rings is 1. The molecule has 0 saturated heterocycles. The van der Waals surface area contributed by atoms with Crippen molar-refractivity contribution in [1.29, 1.82) is 0 Å². The van der Waals surface area contributed by atoms with Crippen LogP contribution in [0, 0.1) is 6.92 Å². The first-order chi connectivity index (χ1) is 16.5. The van der Waals surface area contributed by atoms with Crippen molar-refractivity contribution in [2.75, 3.05) is 13.1 Å². The Balaban J connectivity index is 1.47. The number of sulfonamides is 1. The molecule has 0 aliphatic carbocycles. The van der Waals surface area contributed by atoms with Gasteiger partial charge >= 0.3 is 0 Å². The fourth-order valence-electron chi connectivity index (χ4n) is 4.60. The quantitative estimate of drug-likeness (QED) is 0.153. The highest BCUT2D eigenvalue weighted by atomic mass is 32.2. The third-order valence-corrected chi connectivity index (χ3v) is 8.81. The molecule has 1 aliphatic rings. The van der Waals surface area contributed by atoms with Crippen LogP contribution in [-0.2, 0) is 10.0 Å². The average molecular weight is 488 g/mol. The van der Waals surface area contributed by atoms with E-state index in [0.717, 1.165) is 18.4 Å². The fraction of sp³-hybridized carbons (Fsp3) is 0.667. The summed E-state index contributed by atoms with van der Waals surface area (Å²) in [5.74, 6) is 0. The number of hydrogen-bond acceptors (Lipinski definition) is 2. The minimum Gasteiger partial charge on any atom is -0.207 e. The number of allylic oxidation sites excluding steroid dienone is 2. The Morgan fingerprint density at radius 1 is 0.794 bits per heavy atom. The van der Waals surface area contributed by atoms with Crippen LogP contribution >= 0.6 is 0 Å². The summed E-state index contributed by atoms with van der Waals surface area (Å²) in [6.45, 7) is 5.37. The summed E-state index contributed by atoms with van der Waals surface area (Å²) in [7, 11) is -3.37. The smallest absolute Gasteiger partial charge is 0.207 e. The molecule has 34 heavy (non-hydrogen) atoms. The number of unbranched alkanes of at least 4 members (excludes halogenated alkanes) is 12. The summed E-state index contributed by atoms with van der Waals surface area (Å²) in [5.41, 5.74) is 2.52. The molecule has 1 heterocycles. The maximum Gasteiger partial charge on any atom is 0.243 e. The third kappa shape index (κ3) is 11.4. The Bertz CT molecular complexity index is 824. The van der Waals surface area contributed by atoms with Crippen molar-refractivity contribution in [2.45, 2.75) is 121 Å². The van der Waals surface area contributed by atoms with Gasteiger partial charge in [-0.3, -0.25) is 0 Å². The van der Waals surface area contributed by atoms with Crippen LogP contribution in [0.25, 0.3) is 0 Å². The van der Waals surface area contributed by atoms with Crippen LogP contribution < -0.4 is 0 Å². The highest BCUT2D eigenvalue weighted by Gasteiger charge is 2.25. The predicted octanol–water partition coefficient (Wildman–Crippen LogP) is 8.74. The molecule has 0 spiro atoms. The minimum absolute atomic E-state index is 0.406. The molecule has 2 rings (SSSR count).